The highest BCUT2D eigenvalue weighted by molar-refractivity contribution is 5.59. The summed E-state index contributed by atoms with van der Waals surface area (Å²) in [5.74, 6) is 2.12. The van der Waals surface area contributed by atoms with E-state index in [4.69, 9.17) is 9.47 Å². The first-order valence-corrected chi connectivity index (χ1v) is 10.4. The van der Waals surface area contributed by atoms with Crippen LogP contribution < -0.4 is 9.47 Å². The fourth-order valence-corrected chi connectivity index (χ4v) is 4.07. The van der Waals surface area contributed by atoms with Crippen LogP contribution in [-0.2, 0) is 13.0 Å². The lowest BCUT2D eigenvalue weighted by Gasteiger charge is -2.38. The minimum atomic E-state index is -0.0883. The van der Waals surface area contributed by atoms with Crippen LogP contribution in [0, 0.1) is 20.8 Å². The standard InChI is InChI=1S/C26H34O2/c1-18(2)11-10-15-26(6)16-14-23-21(5)24(19(3)20(4)25(23)28-26)27-17-22-12-8-7-9-13-22/h7-9,11-13H,10,14-17H2,1-6H3/t26-/m0/s1. The molecule has 0 aromatic heterocycles. The molecular weight excluding hydrogens is 344 g/mol. The third-order valence-corrected chi connectivity index (χ3v) is 6.02. The van der Waals surface area contributed by atoms with Crippen LogP contribution >= 0.6 is 0 Å². The lowest BCUT2D eigenvalue weighted by atomic mass is 9.85. The van der Waals surface area contributed by atoms with Crippen LogP contribution in [0.4, 0.5) is 0 Å². The molecular formula is C26H34O2. The van der Waals surface area contributed by atoms with Gasteiger partial charge in [-0.25, -0.2) is 0 Å². The van der Waals surface area contributed by atoms with Gasteiger partial charge in [0, 0.05) is 5.56 Å². The van der Waals surface area contributed by atoms with Gasteiger partial charge in [0.2, 0.25) is 0 Å². The molecule has 2 nitrogen and oxygen atoms in total. The van der Waals surface area contributed by atoms with Crippen molar-refractivity contribution in [3.63, 3.8) is 0 Å². The highest BCUT2D eigenvalue weighted by Crippen LogP contribution is 2.45. The first-order valence-electron chi connectivity index (χ1n) is 10.4. The quantitative estimate of drug-likeness (QED) is 0.503. The maximum atomic E-state index is 6.63. The second kappa shape index (κ2) is 8.43. The largest absolute Gasteiger partial charge is 0.488 e. The summed E-state index contributed by atoms with van der Waals surface area (Å²) in [6.07, 6.45) is 6.55. The van der Waals surface area contributed by atoms with Gasteiger partial charge in [-0.2, -0.15) is 0 Å². The summed E-state index contributed by atoms with van der Waals surface area (Å²) in [5.41, 5.74) is 7.46. The Balaban J connectivity index is 1.83. The molecule has 0 spiro atoms. The molecule has 0 bridgehead atoms. The van der Waals surface area contributed by atoms with Gasteiger partial charge in [-0.05, 0) is 89.5 Å². The Morgan fingerprint density at radius 3 is 2.46 bits per heavy atom. The van der Waals surface area contributed by atoms with E-state index in [-0.39, 0.29) is 5.60 Å². The lowest BCUT2D eigenvalue weighted by Crippen LogP contribution is -2.37. The maximum Gasteiger partial charge on any atom is 0.127 e. The van der Waals surface area contributed by atoms with Crippen LogP contribution in [0.15, 0.2) is 42.0 Å². The number of rotatable bonds is 6. The Morgan fingerprint density at radius 2 is 1.79 bits per heavy atom. The summed E-state index contributed by atoms with van der Waals surface area (Å²) in [6.45, 7) is 13.7. The number of ether oxygens (including phenoxy) is 2. The Kier molecular flexibility index (Phi) is 6.17. The fourth-order valence-electron chi connectivity index (χ4n) is 4.07. The molecule has 1 heterocycles. The molecule has 2 aromatic carbocycles. The molecule has 3 rings (SSSR count). The molecule has 150 valence electrons. The fraction of sp³-hybridized carbons (Fsp3) is 0.462. The summed E-state index contributed by atoms with van der Waals surface area (Å²) in [4.78, 5) is 0. The second-order valence-corrected chi connectivity index (χ2v) is 8.66. The number of fused-ring (bicyclic) bond motifs is 1. The van der Waals surface area contributed by atoms with Crippen molar-refractivity contribution in [3.8, 4) is 11.5 Å². The molecule has 0 aliphatic carbocycles. The van der Waals surface area contributed by atoms with E-state index in [1.54, 1.807) is 0 Å². The van der Waals surface area contributed by atoms with E-state index >= 15 is 0 Å². The molecule has 1 aliphatic rings. The zero-order chi connectivity index (χ0) is 20.3. The first-order chi connectivity index (χ1) is 13.3. The van der Waals surface area contributed by atoms with Gasteiger partial charge in [0.1, 0.15) is 23.7 Å². The Hall–Kier alpha value is -2.22. The molecule has 0 saturated heterocycles. The van der Waals surface area contributed by atoms with Crippen molar-refractivity contribution in [1.29, 1.82) is 0 Å². The van der Waals surface area contributed by atoms with Crippen molar-refractivity contribution in [2.24, 2.45) is 0 Å². The second-order valence-electron chi connectivity index (χ2n) is 8.66. The molecule has 0 N–H and O–H groups in total. The van der Waals surface area contributed by atoms with Gasteiger partial charge < -0.3 is 9.47 Å². The topological polar surface area (TPSA) is 18.5 Å². The first kappa shape index (κ1) is 20.5. The molecule has 0 saturated carbocycles. The molecule has 2 aromatic rings. The van der Waals surface area contributed by atoms with Crippen LogP contribution in [0.25, 0.3) is 0 Å². The van der Waals surface area contributed by atoms with Crippen molar-refractivity contribution < 1.29 is 9.47 Å². The minimum Gasteiger partial charge on any atom is -0.488 e. The van der Waals surface area contributed by atoms with Crippen molar-refractivity contribution in [1.82, 2.24) is 0 Å². The predicted molar refractivity (Wildman–Crippen MR) is 117 cm³/mol. The number of allylic oxidation sites excluding steroid dienone is 2. The van der Waals surface area contributed by atoms with E-state index in [2.05, 4.69) is 71.9 Å². The van der Waals surface area contributed by atoms with Gasteiger partial charge in [-0.1, -0.05) is 42.0 Å². The van der Waals surface area contributed by atoms with Gasteiger partial charge in [0.25, 0.3) is 0 Å². The third-order valence-electron chi connectivity index (χ3n) is 6.02. The smallest absolute Gasteiger partial charge is 0.127 e. The van der Waals surface area contributed by atoms with Gasteiger partial charge >= 0.3 is 0 Å². The van der Waals surface area contributed by atoms with Crippen LogP contribution in [0.1, 0.15) is 67.9 Å². The predicted octanol–water partition coefficient (Wildman–Crippen LogP) is 7.02. The van der Waals surface area contributed by atoms with E-state index in [0.717, 1.165) is 37.2 Å². The lowest BCUT2D eigenvalue weighted by molar-refractivity contribution is 0.0558. The van der Waals surface area contributed by atoms with Crippen LogP contribution in [0.3, 0.4) is 0 Å². The Labute approximate surface area is 170 Å². The Bertz CT molecular complexity index is 860. The van der Waals surface area contributed by atoms with Crippen molar-refractivity contribution in [2.75, 3.05) is 0 Å². The summed E-state index contributed by atoms with van der Waals surface area (Å²) in [7, 11) is 0. The maximum absolute atomic E-state index is 6.63. The van der Waals surface area contributed by atoms with Crippen LogP contribution in [-0.4, -0.2) is 5.60 Å². The van der Waals surface area contributed by atoms with Gasteiger partial charge in [-0.15, -0.1) is 0 Å². The van der Waals surface area contributed by atoms with Gasteiger partial charge in [0.15, 0.2) is 0 Å². The van der Waals surface area contributed by atoms with Crippen molar-refractivity contribution in [3.05, 3.63) is 69.8 Å². The van der Waals surface area contributed by atoms with E-state index < -0.39 is 0 Å². The summed E-state index contributed by atoms with van der Waals surface area (Å²) in [5, 5.41) is 0. The molecule has 0 unspecified atom stereocenters. The van der Waals surface area contributed by atoms with E-state index in [9.17, 15) is 0 Å². The molecule has 0 amide bonds. The molecule has 0 fully saturated rings. The SMILES string of the molecule is CC(C)=CCC[C@@]1(C)CCc2c(C)c(OCc3ccccc3)c(C)c(C)c2O1. The van der Waals surface area contributed by atoms with Crippen LogP contribution in [0.5, 0.6) is 11.5 Å². The number of hydrogen-bond donors (Lipinski definition) is 0. The molecule has 1 aliphatic heterocycles. The van der Waals surface area contributed by atoms with Gasteiger partial charge in [-0.3, -0.25) is 0 Å². The average molecular weight is 379 g/mol. The van der Waals surface area contributed by atoms with Crippen molar-refractivity contribution >= 4 is 0 Å². The zero-order valence-corrected chi connectivity index (χ0v) is 18.3. The van der Waals surface area contributed by atoms with Crippen molar-refractivity contribution in [2.45, 2.75) is 79.4 Å². The zero-order valence-electron chi connectivity index (χ0n) is 18.3. The normalized spacial score (nSPS) is 18.2. The molecule has 0 radical (unpaired) electrons. The average Bonchev–Trinajstić information content (AvgIpc) is 2.66. The highest BCUT2D eigenvalue weighted by Gasteiger charge is 2.34. The molecule has 2 heteroatoms. The van der Waals surface area contributed by atoms with E-state index in [0.29, 0.717) is 6.61 Å². The minimum absolute atomic E-state index is 0.0883. The monoisotopic (exact) mass is 378 g/mol. The third kappa shape index (κ3) is 4.43. The van der Waals surface area contributed by atoms with E-state index in [1.165, 1.54) is 33.4 Å². The van der Waals surface area contributed by atoms with Gasteiger partial charge in [0.05, 0.1) is 0 Å². The van der Waals surface area contributed by atoms with E-state index in [1.807, 2.05) is 6.07 Å². The summed E-state index contributed by atoms with van der Waals surface area (Å²) in [6, 6.07) is 10.4. The number of benzene rings is 2. The highest BCUT2D eigenvalue weighted by atomic mass is 16.5. The summed E-state index contributed by atoms with van der Waals surface area (Å²) < 4.78 is 12.9. The molecule has 28 heavy (non-hydrogen) atoms. The Morgan fingerprint density at radius 1 is 1.07 bits per heavy atom. The number of hydrogen-bond acceptors (Lipinski definition) is 2. The summed E-state index contributed by atoms with van der Waals surface area (Å²) >= 11 is 0. The van der Waals surface area contributed by atoms with Crippen LogP contribution in [0.2, 0.25) is 0 Å². The molecule has 1 atom stereocenters.